The molecule has 0 aromatic heterocycles. The first-order valence-electron chi connectivity index (χ1n) is 21.1. The standard InChI is InChI=1S/C43H79N2O7P/c1-6-8-10-12-14-15-16-17-18-19-21-24-28-32-40(46)39(38-51-53(48,49)50-37-36-45(3,4)5)44-43(47)35-31-27-23-20-22-26-30-34-42-41(52-42)33-29-25-13-11-9-7-2/h20,23,25-26,28-30,32,39-42,46H,6-19,21-22,24,27,31,33-38H2,1-5H3,(H-,44,47,48,49)/p+1/b23-20-,29-25-,30-26-,32-28+/t39-,40+,41?,42?/m0/s1. The van der Waals surface area contributed by atoms with Crippen molar-refractivity contribution in [3.8, 4) is 0 Å². The minimum atomic E-state index is -4.35. The number of carbonyl (C=O) groups excluding carboxylic acids is 1. The molecule has 1 aliphatic heterocycles. The summed E-state index contributed by atoms with van der Waals surface area (Å²) in [6, 6.07) is -0.879. The van der Waals surface area contributed by atoms with Crippen molar-refractivity contribution in [3.05, 3.63) is 48.6 Å². The zero-order valence-electron chi connectivity index (χ0n) is 34.4. The lowest BCUT2D eigenvalue weighted by Crippen LogP contribution is -2.45. The monoisotopic (exact) mass is 768 g/mol. The fourth-order valence-electron chi connectivity index (χ4n) is 5.90. The molecule has 1 fully saturated rings. The van der Waals surface area contributed by atoms with Gasteiger partial charge in [-0.15, -0.1) is 0 Å². The van der Waals surface area contributed by atoms with Crippen molar-refractivity contribution in [1.29, 1.82) is 0 Å². The van der Waals surface area contributed by atoms with Crippen LogP contribution in [0.15, 0.2) is 48.6 Å². The zero-order valence-corrected chi connectivity index (χ0v) is 35.3. The van der Waals surface area contributed by atoms with Crippen LogP contribution in [0.2, 0.25) is 0 Å². The van der Waals surface area contributed by atoms with Crippen LogP contribution in [0.5, 0.6) is 0 Å². The molecule has 308 valence electrons. The highest BCUT2D eigenvalue weighted by molar-refractivity contribution is 7.47. The van der Waals surface area contributed by atoms with Gasteiger partial charge in [0.05, 0.1) is 52.1 Å². The van der Waals surface area contributed by atoms with Crippen LogP contribution in [0.25, 0.3) is 0 Å². The maximum atomic E-state index is 12.8. The van der Waals surface area contributed by atoms with E-state index in [0.717, 1.165) is 44.9 Å². The van der Waals surface area contributed by atoms with E-state index in [1.54, 1.807) is 6.08 Å². The molecular formula is C43H80N2O7P+. The normalized spacial score (nSPS) is 18.8. The topological polar surface area (TPSA) is 118 Å². The quantitative estimate of drug-likeness (QED) is 0.0191. The minimum absolute atomic E-state index is 0.0472. The molecule has 0 aliphatic carbocycles. The van der Waals surface area contributed by atoms with Gasteiger partial charge in [0.15, 0.2) is 0 Å². The summed E-state index contributed by atoms with van der Waals surface area (Å²) >= 11 is 0. The first kappa shape index (κ1) is 49.4. The largest absolute Gasteiger partial charge is 0.472 e. The second-order valence-electron chi connectivity index (χ2n) is 15.8. The number of hydrogen-bond acceptors (Lipinski definition) is 6. The molecule has 0 saturated carbocycles. The van der Waals surface area contributed by atoms with E-state index in [9.17, 15) is 19.4 Å². The number of phosphoric ester groups is 1. The van der Waals surface area contributed by atoms with Gasteiger partial charge < -0.3 is 24.5 Å². The molecule has 1 amide bonds. The lowest BCUT2D eigenvalue weighted by molar-refractivity contribution is -0.870. The summed E-state index contributed by atoms with van der Waals surface area (Å²) in [5.41, 5.74) is 0. The Morgan fingerprint density at radius 1 is 0.736 bits per heavy atom. The van der Waals surface area contributed by atoms with Crippen molar-refractivity contribution in [1.82, 2.24) is 5.32 Å². The highest BCUT2D eigenvalue weighted by Gasteiger charge is 2.36. The third kappa shape index (κ3) is 31.3. The van der Waals surface area contributed by atoms with Gasteiger partial charge in [-0.3, -0.25) is 13.8 Å². The van der Waals surface area contributed by atoms with Gasteiger partial charge in [0.25, 0.3) is 0 Å². The number of aliphatic hydroxyl groups excluding tert-OH is 1. The highest BCUT2D eigenvalue weighted by Crippen LogP contribution is 2.43. The Morgan fingerprint density at radius 2 is 1.25 bits per heavy atom. The van der Waals surface area contributed by atoms with Gasteiger partial charge in [-0.25, -0.2) is 4.57 Å². The molecule has 0 spiro atoms. The third-order valence-electron chi connectivity index (χ3n) is 9.45. The molecule has 10 heteroatoms. The number of rotatable bonds is 36. The summed E-state index contributed by atoms with van der Waals surface area (Å²) in [4.78, 5) is 23.1. The van der Waals surface area contributed by atoms with E-state index in [1.807, 2.05) is 27.2 Å². The molecule has 0 bridgehead atoms. The predicted octanol–water partition coefficient (Wildman–Crippen LogP) is 10.3. The minimum Gasteiger partial charge on any atom is -0.387 e. The van der Waals surface area contributed by atoms with Gasteiger partial charge in [0.2, 0.25) is 5.91 Å². The average Bonchev–Trinajstić information content (AvgIpc) is 3.86. The number of carbonyl (C=O) groups is 1. The van der Waals surface area contributed by atoms with Crippen LogP contribution in [0.1, 0.15) is 155 Å². The average molecular weight is 768 g/mol. The van der Waals surface area contributed by atoms with E-state index in [2.05, 4.69) is 55.6 Å². The maximum absolute atomic E-state index is 12.8. The summed E-state index contributed by atoms with van der Waals surface area (Å²) in [6.07, 6.45) is 40.6. The number of aliphatic hydroxyl groups is 1. The summed E-state index contributed by atoms with van der Waals surface area (Å²) in [7, 11) is 1.52. The molecule has 0 radical (unpaired) electrons. The Bertz CT molecular complexity index is 1070. The zero-order chi connectivity index (χ0) is 39.0. The number of nitrogens with zero attached hydrogens (tertiary/aromatic N) is 1. The smallest absolute Gasteiger partial charge is 0.387 e. The van der Waals surface area contributed by atoms with Crippen LogP contribution in [0.4, 0.5) is 0 Å². The number of hydrogen-bond donors (Lipinski definition) is 3. The number of amides is 1. The number of epoxide rings is 1. The molecule has 1 heterocycles. The lowest BCUT2D eigenvalue weighted by Gasteiger charge is -2.25. The summed E-state index contributed by atoms with van der Waals surface area (Å²) < 4.78 is 29.2. The number of unbranched alkanes of at least 4 members (excludes halogenated alkanes) is 15. The number of likely N-dealkylation sites (N-methyl/N-ethyl adjacent to an activating group) is 1. The van der Waals surface area contributed by atoms with Crippen LogP contribution in [0, 0.1) is 0 Å². The van der Waals surface area contributed by atoms with Crippen molar-refractivity contribution in [3.63, 3.8) is 0 Å². The van der Waals surface area contributed by atoms with Gasteiger partial charge in [-0.05, 0) is 57.8 Å². The number of allylic oxidation sites excluding steroid dienone is 5. The lowest BCUT2D eigenvalue weighted by atomic mass is 10.0. The molecule has 0 aromatic rings. The molecule has 3 N–H and O–H groups in total. The van der Waals surface area contributed by atoms with E-state index >= 15 is 0 Å². The van der Waals surface area contributed by atoms with Crippen LogP contribution < -0.4 is 5.32 Å². The molecule has 1 saturated heterocycles. The van der Waals surface area contributed by atoms with Crippen LogP contribution in [-0.4, -0.2) is 85.6 Å². The SMILES string of the molecule is CCCCC/C=C\CC1OC1C/C=C\C/C=C\CCCC(=O)N[C@@H](COP(=O)(O)OCC[N+](C)(C)C)[C@H](O)/C=C/CCCCCCCCCCCCC. The van der Waals surface area contributed by atoms with Gasteiger partial charge in [-0.2, -0.15) is 0 Å². The fraction of sp³-hybridized carbons (Fsp3) is 0.791. The van der Waals surface area contributed by atoms with E-state index in [-0.39, 0.29) is 25.5 Å². The molecule has 1 aliphatic rings. The van der Waals surface area contributed by atoms with Crippen LogP contribution in [-0.2, 0) is 23.1 Å². The number of phosphoric acid groups is 1. The van der Waals surface area contributed by atoms with Gasteiger partial charge >= 0.3 is 7.82 Å². The molecule has 0 aromatic carbocycles. The first-order chi connectivity index (χ1) is 25.5. The van der Waals surface area contributed by atoms with Crippen molar-refractivity contribution < 1.29 is 37.6 Å². The van der Waals surface area contributed by atoms with Crippen molar-refractivity contribution >= 4 is 13.7 Å². The fourth-order valence-corrected chi connectivity index (χ4v) is 6.63. The van der Waals surface area contributed by atoms with E-state index < -0.39 is 20.0 Å². The Kier molecular flexibility index (Phi) is 29.5. The van der Waals surface area contributed by atoms with Crippen LogP contribution in [0.3, 0.4) is 0 Å². The second-order valence-corrected chi connectivity index (χ2v) is 17.2. The van der Waals surface area contributed by atoms with Gasteiger partial charge in [0, 0.05) is 6.42 Å². The molecule has 3 unspecified atom stereocenters. The maximum Gasteiger partial charge on any atom is 0.472 e. The third-order valence-corrected chi connectivity index (χ3v) is 10.4. The second kappa shape index (κ2) is 31.6. The Balaban J connectivity index is 2.40. The molecule has 53 heavy (non-hydrogen) atoms. The van der Waals surface area contributed by atoms with Gasteiger partial charge in [-0.1, -0.05) is 140 Å². The van der Waals surface area contributed by atoms with E-state index in [0.29, 0.717) is 29.7 Å². The van der Waals surface area contributed by atoms with Crippen LogP contribution >= 0.6 is 7.82 Å². The Labute approximate surface area is 324 Å². The van der Waals surface area contributed by atoms with Crippen molar-refractivity contribution in [2.75, 3.05) is 40.9 Å². The van der Waals surface area contributed by atoms with Gasteiger partial charge in [0.1, 0.15) is 13.2 Å². The number of ether oxygens (including phenoxy) is 1. The van der Waals surface area contributed by atoms with Crippen molar-refractivity contribution in [2.24, 2.45) is 0 Å². The van der Waals surface area contributed by atoms with Crippen molar-refractivity contribution in [2.45, 2.75) is 179 Å². The van der Waals surface area contributed by atoms with E-state index in [1.165, 1.54) is 83.5 Å². The summed E-state index contributed by atoms with van der Waals surface area (Å²) in [6.45, 7) is 4.70. The molecule has 5 atom stereocenters. The first-order valence-corrected chi connectivity index (χ1v) is 22.6. The Hall–Kier alpha value is -1.58. The van der Waals surface area contributed by atoms with E-state index in [4.69, 9.17) is 13.8 Å². The molecule has 1 rings (SSSR count). The predicted molar refractivity (Wildman–Crippen MR) is 221 cm³/mol. The Morgan fingerprint density at radius 3 is 1.89 bits per heavy atom. The number of quaternary nitrogens is 1. The summed E-state index contributed by atoms with van der Waals surface area (Å²) in [5, 5.41) is 13.8. The summed E-state index contributed by atoms with van der Waals surface area (Å²) in [5.74, 6) is -0.238. The highest BCUT2D eigenvalue weighted by atomic mass is 31.2. The molecular weight excluding hydrogens is 687 g/mol. The number of nitrogens with one attached hydrogen (secondary N) is 1. The molecule has 9 nitrogen and oxygen atoms in total.